The summed E-state index contributed by atoms with van der Waals surface area (Å²) in [5.74, 6) is 1.30. The summed E-state index contributed by atoms with van der Waals surface area (Å²) in [5, 5.41) is 6.75. The second-order valence-corrected chi connectivity index (χ2v) is 4.87. The predicted octanol–water partition coefficient (Wildman–Crippen LogP) is 0.566. The highest BCUT2D eigenvalue weighted by atomic mass is 16.2. The van der Waals surface area contributed by atoms with Crippen LogP contribution >= 0.6 is 0 Å². The maximum absolute atomic E-state index is 12.3. The van der Waals surface area contributed by atoms with Crippen molar-refractivity contribution in [2.75, 3.05) is 13.6 Å². The summed E-state index contributed by atoms with van der Waals surface area (Å²) >= 11 is 0. The van der Waals surface area contributed by atoms with Crippen molar-refractivity contribution in [2.24, 2.45) is 11.7 Å². The first-order valence-electron chi connectivity index (χ1n) is 6.55. The Bertz CT molecular complexity index is 416. The highest BCUT2D eigenvalue weighted by Gasteiger charge is 2.33. The molecule has 1 aliphatic carbocycles. The highest BCUT2D eigenvalue weighted by molar-refractivity contribution is 5.90. The molecule has 2 rings (SSSR count). The molecule has 1 fully saturated rings. The molecule has 6 nitrogen and oxygen atoms in total. The number of rotatable bonds is 4. The van der Waals surface area contributed by atoms with E-state index in [4.69, 9.17) is 5.73 Å². The molecule has 0 aliphatic heterocycles. The molecule has 0 spiro atoms. The molecule has 0 radical (unpaired) electrons. The summed E-state index contributed by atoms with van der Waals surface area (Å²) in [7, 11) is 1.82. The number of H-pyrrole nitrogens is 1. The molecule has 1 aliphatic rings. The molecular formula is C12H21N5O. The van der Waals surface area contributed by atoms with Gasteiger partial charge in [0.25, 0.3) is 5.91 Å². The monoisotopic (exact) mass is 251 g/mol. The maximum atomic E-state index is 12.3. The summed E-state index contributed by atoms with van der Waals surface area (Å²) in [5.41, 5.74) is 5.75. The van der Waals surface area contributed by atoms with Gasteiger partial charge in [0.1, 0.15) is 5.82 Å². The molecule has 1 aromatic heterocycles. The van der Waals surface area contributed by atoms with Gasteiger partial charge in [0.15, 0.2) is 0 Å². The molecule has 0 saturated heterocycles. The van der Waals surface area contributed by atoms with Crippen molar-refractivity contribution < 1.29 is 4.79 Å². The third-order valence-electron chi connectivity index (χ3n) is 3.80. The number of amides is 1. The van der Waals surface area contributed by atoms with Crippen LogP contribution in [0.25, 0.3) is 0 Å². The van der Waals surface area contributed by atoms with E-state index in [0.717, 1.165) is 31.5 Å². The van der Waals surface area contributed by atoms with Crippen molar-refractivity contribution in [1.82, 2.24) is 20.1 Å². The van der Waals surface area contributed by atoms with Crippen LogP contribution in [0.5, 0.6) is 0 Å². The minimum atomic E-state index is -0.115. The second-order valence-electron chi connectivity index (χ2n) is 4.87. The van der Waals surface area contributed by atoms with Crippen molar-refractivity contribution in [3.63, 3.8) is 0 Å². The van der Waals surface area contributed by atoms with Gasteiger partial charge in [-0.25, -0.2) is 4.98 Å². The van der Waals surface area contributed by atoms with Crippen LogP contribution in [-0.4, -0.2) is 45.6 Å². The van der Waals surface area contributed by atoms with Crippen LogP contribution in [-0.2, 0) is 6.42 Å². The highest BCUT2D eigenvalue weighted by Crippen LogP contribution is 2.28. The lowest BCUT2D eigenvalue weighted by Gasteiger charge is -2.28. The minimum absolute atomic E-state index is 0.115. The van der Waals surface area contributed by atoms with Crippen LogP contribution in [0, 0.1) is 5.92 Å². The molecule has 0 aromatic carbocycles. The summed E-state index contributed by atoms with van der Waals surface area (Å²) in [6.07, 6.45) is 4.01. The Hall–Kier alpha value is -1.43. The number of nitrogens with two attached hydrogens (primary N) is 1. The SMILES string of the molecule is CCc1nc(C(=O)N(C)C2CCCC2CN)n[nH]1. The van der Waals surface area contributed by atoms with Gasteiger partial charge in [-0.2, -0.15) is 0 Å². The number of nitrogens with zero attached hydrogens (tertiary/aromatic N) is 3. The third-order valence-corrected chi connectivity index (χ3v) is 3.80. The van der Waals surface area contributed by atoms with Gasteiger partial charge in [-0.3, -0.25) is 9.89 Å². The van der Waals surface area contributed by atoms with Crippen LogP contribution < -0.4 is 5.73 Å². The smallest absolute Gasteiger partial charge is 0.293 e. The number of aromatic amines is 1. The minimum Gasteiger partial charge on any atom is -0.336 e. The Morgan fingerprint density at radius 3 is 2.94 bits per heavy atom. The lowest BCUT2D eigenvalue weighted by molar-refractivity contribution is 0.0688. The quantitative estimate of drug-likeness (QED) is 0.818. The molecule has 6 heteroatoms. The molecule has 1 heterocycles. The number of nitrogens with one attached hydrogen (secondary N) is 1. The lowest BCUT2D eigenvalue weighted by atomic mass is 10.0. The van der Waals surface area contributed by atoms with E-state index in [-0.39, 0.29) is 17.8 Å². The van der Waals surface area contributed by atoms with Gasteiger partial charge >= 0.3 is 0 Å². The average molecular weight is 251 g/mol. The fourth-order valence-electron chi connectivity index (χ4n) is 2.66. The van der Waals surface area contributed by atoms with Crippen molar-refractivity contribution in [1.29, 1.82) is 0 Å². The van der Waals surface area contributed by atoms with E-state index in [1.807, 2.05) is 14.0 Å². The number of aryl methyl sites for hydroxylation is 1. The van der Waals surface area contributed by atoms with Gasteiger partial charge in [0.2, 0.25) is 5.82 Å². The van der Waals surface area contributed by atoms with E-state index in [1.165, 1.54) is 0 Å². The number of carbonyl (C=O) groups is 1. The van der Waals surface area contributed by atoms with E-state index < -0.39 is 0 Å². The zero-order chi connectivity index (χ0) is 13.1. The fourth-order valence-corrected chi connectivity index (χ4v) is 2.66. The van der Waals surface area contributed by atoms with Crippen LogP contribution in [0.4, 0.5) is 0 Å². The number of aromatic nitrogens is 3. The van der Waals surface area contributed by atoms with Crippen LogP contribution in [0.15, 0.2) is 0 Å². The topological polar surface area (TPSA) is 87.9 Å². The van der Waals surface area contributed by atoms with E-state index in [2.05, 4.69) is 15.2 Å². The standard InChI is InChI=1S/C12H21N5O/c1-3-10-14-11(16-15-10)12(18)17(2)9-6-4-5-8(9)7-13/h8-9H,3-7,13H2,1-2H3,(H,14,15,16). The normalized spacial score (nSPS) is 23.3. The zero-order valence-electron chi connectivity index (χ0n) is 11.0. The average Bonchev–Trinajstić information content (AvgIpc) is 3.04. The summed E-state index contributed by atoms with van der Waals surface area (Å²) < 4.78 is 0. The molecular weight excluding hydrogens is 230 g/mol. The summed E-state index contributed by atoms with van der Waals surface area (Å²) in [6.45, 7) is 2.61. The lowest BCUT2D eigenvalue weighted by Crippen LogP contribution is -2.41. The van der Waals surface area contributed by atoms with E-state index >= 15 is 0 Å². The van der Waals surface area contributed by atoms with Gasteiger partial charge in [0, 0.05) is 19.5 Å². The van der Waals surface area contributed by atoms with Crippen molar-refractivity contribution in [3.8, 4) is 0 Å². The van der Waals surface area contributed by atoms with Crippen LogP contribution in [0.3, 0.4) is 0 Å². The Morgan fingerprint density at radius 1 is 1.56 bits per heavy atom. The number of hydrogen-bond donors (Lipinski definition) is 2. The second kappa shape index (κ2) is 5.48. The molecule has 100 valence electrons. The van der Waals surface area contributed by atoms with Crippen molar-refractivity contribution in [2.45, 2.75) is 38.6 Å². The summed E-state index contributed by atoms with van der Waals surface area (Å²) in [6, 6.07) is 0.228. The first-order valence-corrected chi connectivity index (χ1v) is 6.55. The molecule has 1 amide bonds. The molecule has 1 saturated carbocycles. The predicted molar refractivity (Wildman–Crippen MR) is 68.0 cm³/mol. The zero-order valence-corrected chi connectivity index (χ0v) is 11.0. The van der Waals surface area contributed by atoms with E-state index in [1.54, 1.807) is 4.90 Å². The third kappa shape index (κ3) is 2.38. The van der Waals surface area contributed by atoms with Gasteiger partial charge < -0.3 is 10.6 Å². The van der Waals surface area contributed by atoms with Gasteiger partial charge in [-0.05, 0) is 25.3 Å². The molecule has 2 unspecified atom stereocenters. The van der Waals surface area contributed by atoms with Crippen molar-refractivity contribution >= 4 is 5.91 Å². The Labute approximate surface area is 107 Å². The molecule has 0 bridgehead atoms. The Kier molecular flexibility index (Phi) is 3.96. The molecule has 1 aromatic rings. The molecule has 3 N–H and O–H groups in total. The molecule has 2 atom stereocenters. The Balaban J connectivity index is 2.08. The molecule has 18 heavy (non-hydrogen) atoms. The first kappa shape index (κ1) is 13.0. The first-order chi connectivity index (χ1) is 8.67. The number of hydrogen-bond acceptors (Lipinski definition) is 4. The van der Waals surface area contributed by atoms with Gasteiger partial charge in [-0.1, -0.05) is 13.3 Å². The number of carbonyl (C=O) groups excluding carboxylic acids is 1. The van der Waals surface area contributed by atoms with Gasteiger partial charge in [-0.15, -0.1) is 5.10 Å². The van der Waals surface area contributed by atoms with Crippen LogP contribution in [0.2, 0.25) is 0 Å². The fraction of sp³-hybridized carbons (Fsp3) is 0.750. The van der Waals surface area contributed by atoms with Crippen LogP contribution in [0.1, 0.15) is 42.6 Å². The van der Waals surface area contributed by atoms with Crippen molar-refractivity contribution in [3.05, 3.63) is 11.6 Å². The maximum Gasteiger partial charge on any atom is 0.293 e. The summed E-state index contributed by atoms with van der Waals surface area (Å²) in [4.78, 5) is 18.2. The van der Waals surface area contributed by atoms with Gasteiger partial charge in [0.05, 0.1) is 0 Å². The Morgan fingerprint density at radius 2 is 2.33 bits per heavy atom. The van der Waals surface area contributed by atoms with E-state index in [9.17, 15) is 4.79 Å². The largest absolute Gasteiger partial charge is 0.336 e. The van der Waals surface area contributed by atoms with E-state index in [0.29, 0.717) is 12.5 Å².